The van der Waals surface area contributed by atoms with Crippen molar-refractivity contribution in [3.8, 4) is 0 Å². The lowest BCUT2D eigenvalue weighted by Crippen LogP contribution is -2.42. The van der Waals surface area contributed by atoms with Gasteiger partial charge in [0.15, 0.2) is 0 Å². The maximum atomic E-state index is 11.8. The van der Waals surface area contributed by atoms with E-state index in [-0.39, 0.29) is 5.91 Å². The standard InChI is InChI=1S/C15H28N2O3/c1-11(2)10-20-15(19)16-9-8-14(18)17-13-7-5-4-6-12(13)3/h11-13H,4-10H2,1-3H3,(H,16,19)(H,17,18)/t12-,13-/m1/s1. The molecule has 0 unspecified atom stereocenters. The summed E-state index contributed by atoms with van der Waals surface area (Å²) in [6, 6.07) is 0.296. The van der Waals surface area contributed by atoms with Gasteiger partial charge in [0.1, 0.15) is 0 Å². The number of hydrogen-bond acceptors (Lipinski definition) is 3. The maximum absolute atomic E-state index is 11.8. The van der Waals surface area contributed by atoms with E-state index in [9.17, 15) is 9.59 Å². The Hall–Kier alpha value is -1.26. The molecule has 0 aromatic heterocycles. The third kappa shape index (κ3) is 6.78. The molecule has 5 heteroatoms. The van der Waals surface area contributed by atoms with Crippen LogP contribution in [0.4, 0.5) is 4.79 Å². The molecule has 116 valence electrons. The van der Waals surface area contributed by atoms with E-state index >= 15 is 0 Å². The third-order valence-electron chi connectivity index (χ3n) is 3.63. The molecule has 5 nitrogen and oxygen atoms in total. The second-order valence-electron chi connectivity index (χ2n) is 6.10. The highest BCUT2D eigenvalue weighted by Crippen LogP contribution is 2.23. The molecule has 0 aromatic rings. The molecule has 0 spiro atoms. The van der Waals surface area contributed by atoms with Crippen LogP contribution in [-0.2, 0) is 9.53 Å². The van der Waals surface area contributed by atoms with E-state index in [1.165, 1.54) is 19.3 Å². The summed E-state index contributed by atoms with van der Waals surface area (Å²) in [5, 5.41) is 5.66. The Kier molecular flexibility index (Phi) is 7.41. The quantitative estimate of drug-likeness (QED) is 0.787. The first-order chi connectivity index (χ1) is 9.49. The highest BCUT2D eigenvalue weighted by molar-refractivity contribution is 5.77. The third-order valence-corrected chi connectivity index (χ3v) is 3.63. The van der Waals surface area contributed by atoms with Gasteiger partial charge in [0.05, 0.1) is 6.61 Å². The van der Waals surface area contributed by atoms with Crippen LogP contribution in [0.5, 0.6) is 0 Å². The lowest BCUT2D eigenvalue weighted by Gasteiger charge is -2.29. The molecule has 0 saturated heterocycles. The second-order valence-corrected chi connectivity index (χ2v) is 6.10. The Morgan fingerprint density at radius 3 is 2.60 bits per heavy atom. The van der Waals surface area contributed by atoms with Crippen LogP contribution in [0.2, 0.25) is 0 Å². The van der Waals surface area contributed by atoms with Crippen LogP contribution >= 0.6 is 0 Å². The van der Waals surface area contributed by atoms with Gasteiger partial charge in [-0.3, -0.25) is 4.79 Å². The molecular weight excluding hydrogens is 256 g/mol. The SMILES string of the molecule is CC(C)COC(=O)NCCC(=O)N[C@@H]1CCCC[C@H]1C. The molecule has 1 aliphatic rings. The van der Waals surface area contributed by atoms with E-state index in [1.54, 1.807) is 0 Å². The van der Waals surface area contributed by atoms with E-state index in [4.69, 9.17) is 4.74 Å². The van der Waals surface area contributed by atoms with Gasteiger partial charge in [0.2, 0.25) is 5.91 Å². The largest absolute Gasteiger partial charge is 0.449 e. The number of ether oxygens (including phenoxy) is 1. The average molecular weight is 284 g/mol. The van der Waals surface area contributed by atoms with Gasteiger partial charge in [-0.05, 0) is 24.7 Å². The monoisotopic (exact) mass is 284 g/mol. The van der Waals surface area contributed by atoms with E-state index in [0.29, 0.717) is 37.5 Å². The molecule has 1 aliphatic carbocycles. The van der Waals surface area contributed by atoms with Crippen molar-refractivity contribution in [2.45, 2.75) is 58.9 Å². The molecule has 0 bridgehead atoms. The first-order valence-electron chi connectivity index (χ1n) is 7.69. The molecule has 0 aromatic carbocycles. The fourth-order valence-electron chi connectivity index (χ4n) is 2.38. The molecule has 0 radical (unpaired) electrons. The van der Waals surface area contributed by atoms with Crippen LogP contribution in [0.15, 0.2) is 0 Å². The Labute approximate surface area is 121 Å². The molecule has 0 aliphatic heterocycles. The summed E-state index contributed by atoms with van der Waals surface area (Å²) in [5.74, 6) is 0.876. The zero-order valence-electron chi connectivity index (χ0n) is 12.9. The second kappa shape index (κ2) is 8.82. The Balaban J connectivity index is 2.12. The van der Waals surface area contributed by atoms with E-state index < -0.39 is 6.09 Å². The van der Waals surface area contributed by atoms with Gasteiger partial charge in [-0.15, -0.1) is 0 Å². The van der Waals surface area contributed by atoms with E-state index in [0.717, 1.165) is 6.42 Å². The topological polar surface area (TPSA) is 67.4 Å². The Bertz CT molecular complexity index is 318. The summed E-state index contributed by atoms with van der Waals surface area (Å²) in [6.45, 7) is 6.87. The minimum Gasteiger partial charge on any atom is -0.449 e. The number of alkyl carbamates (subject to hydrolysis) is 1. The molecule has 1 rings (SSSR count). The zero-order valence-corrected chi connectivity index (χ0v) is 12.9. The van der Waals surface area contributed by atoms with Crippen molar-refractivity contribution in [1.82, 2.24) is 10.6 Å². The van der Waals surface area contributed by atoms with Crippen LogP contribution in [-0.4, -0.2) is 31.2 Å². The zero-order chi connectivity index (χ0) is 15.0. The summed E-state index contributed by atoms with van der Waals surface area (Å²) >= 11 is 0. The van der Waals surface area contributed by atoms with Crippen molar-refractivity contribution in [2.75, 3.05) is 13.2 Å². The van der Waals surface area contributed by atoms with E-state index in [2.05, 4.69) is 17.6 Å². The summed E-state index contributed by atoms with van der Waals surface area (Å²) in [4.78, 5) is 23.1. The average Bonchev–Trinajstić information content (AvgIpc) is 2.39. The molecular formula is C15H28N2O3. The molecule has 1 saturated carbocycles. The summed E-state index contributed by atoms with van der Waals surface area (Å²) in [5.41, 5.74) is 0. The summed E-state index contributed by atoms with van der Waals surface area (Å²) in [7, 11) is 0. The smallest absolute Gasteiger partial charge is 0.407 e. The van der Waals surface area contributed by atoms with Gasteiger partial charge in [-0.2, -0.15) is 0 Å². The minimum atomic E-state index is -0.447. The van der Waals surface area contributed by atoms with Crippen LogP contribution in [0, 0.1) is 11.8 Å². The first-order valence-corrected chi connectivity index (χ1v) is 7.69. The van der Waals surface area contributed by atoms with Gasteiger partial charge in [-0.1, -0.05) is 33.6 Å². The normalized spacial score (nSPS) is 22.4. The lowest BCUT2D eigenvalue weighted by molar-refractivity contribution is -0.122. The van der Waals surface area contributed by atoms with E-state index in [1.807, 2.05) is 13.8 Å². The van der Waals surface area contributed by atoms with Crippen LogP contribution < -0.4 is 10.6 Å². The highest BCUT2D eigenvalue weighted by atomic mass is 16.5. The van der Waals surface area contributed by atoms with Crippen LogP contribution in [0.25, 0.3) is 0 Å². The maximum Gasteiger partial charge on any atom is 0.407 e. The molecule has 1 fully saturated rings. The number of rotatable bonds is 6. The Morgan fingerprint density at radius 2 is 1.95 bits per heavy atom. The molecule has 2 amide bonds. The Morgan fingerprint density at radius 1 is 1.25 bits per heavy atom. The van der Waals surface area contributed by atoms with Crippen molar-refractivity contribution in [1.29, 1.82) is 0 Å². The van der Waals surface area contributed by atoms with Crippen molar-refractivity contribution in [3.05, 3.63) is 0 Å². The van der Waals surface area contributed by atoms with Crippen molar-refractivity contribution in [3.63, 3.8) is 0 Å². The van der Waals surface area contributed by atoms with Gasteiger partial charge in [-0.25, -0.2) is 4.79 Å². The van der Waals surface area contributed by atoms with Gasteiger partial charge >= 0.3 is 6.09 Å². The highest BCUT2D eigenvalue weighted by Gasteiger charge is 2.22. The number of amides is 2. The van der Waals surface area contributed by atoms with Crippen molar-refractivity contribution in [2.24, 2.45) is 11.8 Å². The number of nitrogens with one attached hydrogen (secondary N) is 2. The number of carbonyl (C=O) groups is 2. The van der Waals surface area contributed by atoms with Gasteiger partial charge < -0.3 is 15.4 Å². The minimum absolute atomic E-state index is 0.00732. The van der Waals surface area contributed by atoms with Gasteiger partial charge in [0.25, 0.3) is 0 Å². The predicted molar refractivity (Wildman–Crippen MR) is 78.4 cm³/mol. The summed E-state index contributed by atoms with van der Waals surface area (Å²) in [6.07, 6.45) is 4.56. The fourth-order valence-corrected chi connectivity index (χ4v) is 2.38. The van der Waals surface area contributed by atoms with Crippen molar-refractivity contribution >= 4 is 12.0 Å². The van der Waals surface area contributed by atoms with Crippen LogP contribution in [0.3, 0.4) is 0 Å². The molecule has 2 N–H and O–H groups in total. The van der Waals surface area contributed by atoms with Crippen molar-refractivity contribution < 1.29 is 14.3 Å². The van der Waals surface area contributed by atoms with Crippen LogP contribution in [0.1, 0.15) is 52.9 Å². The van der Waals surface area contributed by atoms with Gasteiger partial charge in [0, 0.05) is 19.0 Å². The molecule has 2 atom stereocenters. The number of hydrogen-bond donors (Lipinski definition) is 2. The molecule has 0 heterocycles. The molecule has 20 heavy (non-hydrogen) atoms. The predicted octanol–water partition coefficient (Wildman–Crippen LogP) is 2.45. The number of carbonyl (C=O) groups excluding carboxylic acids is 2. The lowest BCUT2D eigenvalue weighted by atomic mass is 9.86. The first kappa shape index (κ1) is 16.8. The fraction of sp³-hybridized carbons (Fsp3) is 0.867. The summed E-state index contributed by atoms with van der Waals surface area (Å²) < 4.78 is 4.97.